The van der Waals surface area contributed by atoms with Gasteiger partial charge < -0.3 is 10.1 Å². The minimum Gasteiger partial charge on any atom is -0.465 e. The number of methoxy groups -OCH3 is 1. The first-order valence-electron chi connectivity index (χ1n) is 8.16. The van der Waals surface area contributed by atoms with Gasteiger partial charge in [-0.15, -0.1) is 0 Å². The van der Waals surface area contributed by atoms with Crippen molar-refractivity contribution in [1.82, 2.24) is 0 Å². The number of amides is 1. The maximum absolute atomic E-state index is 13.1. The van der Waals surface area contributed by atoms with Gasteiger partial charge in [-0.25, -0.2) is 13.2 Å². The number of sulfonamides is 1. The van der Waals surface area contributed by atoms with Gasteiger partial charge in [0.2, 0.25) is 15.9 Å². The van der Waals surface area contributed by atoms with Crippen LogP contribution in [0.5, 0.6) is 0 Å². The van der Waals surface area contributed by atoms with E-state index in [0.29, 0.717) is 10.4 Å². The van der Waals surface area contributed by atoms with Gasteiger partial charge in [-0.1, -0.05) is 23.7 Å². The Labute approximate surface area is 175 Å². The smallest absolute Gasteiger partial charge is 0.417 e. The van der Waals surface area contributed by atoms with Gasteiger partial charge in [0.15, 0.2) is 0 Å². The van der Waals surface area contributed by atoms with E-state index in [2.05, 4.69) is 10.1 Å². The number of rotatable bonds is 6. The zero-order chi connectivity index (χ0) is 22.7. The van der Waals surface area contributed by atoms with Crippen LogP contribution < -0.4 is 9.62 Å². The van der Waals surface area contributed by atoms with Crippen molar-refractivity contribution in [2.45, 2.75) is 6.18 Å². The monoisotopic (exact) mass is 464 g/mol. The highest BCUT2D eigenvalue weighted by Gasteiger charge is 2.34. The molecule has 2 rings (SSSR count). The van der Waals surface area contributed by atoms with E-state index in [0.717, 1.165) is 25.5 Å². The minimum atomic E-state index is -4.82. The Hall–Kier alpha value is -2.79. The number of benzene rings is 2. The summed E-state index contributed by atoms with van der Waals surface area (Å²) in [5.41, 5.74) is -1.57. The Balaban J connectivity index is 2.36. The number of nitrogens with one attached hydrogen (secondary N) is 1. The largest absolute Gasteiger partial charge is 0.465 e. The molecular weight excluding hydrogens is 449 g/mol. The van der Waals surface area contributed by atoms with Crippen molar-refractivity contribution in [2.24, 2.45) is 0 Å². The van der Waals surface area contributed by atoms with Gasteiger partial charge in [-0.2, -0.15) is 13.2 Å². The summed E-state index contributed by atoms with van der Waals surface area (Å²) in [4.78, 5) is 24.2. The van der Waals surface area contributed by atoms with E-state index >= 15 is 0 Å². The molecule has 162 valence electrons. The van der Waals surface area contributed by atoms with E-state index in [9.17, 15) is 31.2 Å². The van der Waals surface area contributed by atoms with E-state index in [1.54, 1.807) is 0 Å². The van der Waals surface area contributed by atoms with Crippen LogP contribution in [0.15, 0.2) is 42.5 Å². The first-order chi connectivity index (χ1) is 13.8. The maximum atomic E-state index is 13.1. The van der Waals surface area contributed by atoms with Crippen molar-refractivity contribution < 1.29 is 35.9 Å². The second kappa shape index (κ2) is 8.92. The quantitative estimate of drug-likeness (QED) is 0.660. The highest BCUT2D eigenvalue weighted by Crippen LogP contribution is 2.37. The number of hydrogen-bond donors (Lipinski definition) is 1. The molecule has 1 N–H and O–H groups in total. The molecule has 0 aliphatic rings. The zero-order valence-electron chi connectivity index (χ0n) is 15.7. The zero-order valence-corrected chi connectivity index (χ0v) is 17.2. The van der Waals surface area contributed by atoms with Gasteiger partial charge in [-0.3, -0.25) is 9.10 Å². The van der Waals surface area contributed by atoms with Gasteiger partial charge in [-0.05, 0) is 30.3 Å². The molecule has 0 aromatic heterocycles. The fraction of sp³-hybridized carbons (Fsp3) is 0.222. The Bertz CT molecular complexity index is 1070. The third kappa shape index (κ3) is 5.63. The van der Waals surface area contributed by atoms with Gasteiger partial charge in [0.1, 0.15) is 6.54 Å². The summed E-state index contributed by atoms with van der Waals surface area (Å²) in [6.45, 7) is -0.840. The van der Waals surface area contributed by atoms with Crippen LogP contribution in [0.25, 0.3) is 0 Å². The predicted octanol–water partition coefficient (Wildman–Crippen LogP) is 3.55. The highest BCUT2D eigenvalue weighted by atomic mass is 35.5. The van der Waals surface area contributed by atoms with E-state index in [1.807, 2.05) is 0 Å². The molecule has 0 aliphatic carbocycles. The molecule has 0 fully saturated rings. The average Bonchev–Trinajstić information content (AvgIpc) is 2.65. The Morgan fingerprint density at radius 2 is 1.80 bits per heavy atom. The van der Waals surface area contributed by atoms with Crippen LogP contribution in [0.1, 0.15) is 15.9 Å². The molecule has 0 saturated carbocycles. The average molecular weight is 465 g/mol. The molecule has 0 heterocycles. The molecule has 0 spiro atoms. The number of para-hydroxylation sites is 1. The molecule has 1 amide bonds. The lowest BCUT2D eigenvalue weighted by molar-refractivity contribution is -0.137. The number of carbonyl (C=O) groups is 2. The topological polar surface area (TPSA) is 92.8 Å². The van der Waals surface area contributed by atoms with Crippen LogP contribution in [0, 0.1) is 0 Å². The van der Waals surface area contributed by atoms with Crippen molar-refractivity contribution in [3.05, 3.63) is 58.6 Å². The maximum Gasteiger partial charge on any atom is 0.417 e. The second-order valence-electron chi connectivity index (χ2n) is 6.02. The number of hydrogen-bond acceptors (Lipinski definition) is 5. The Morgan fingerprint density at radius 1 is 1.17 bits per heavy atom. The molecule has 0 atom stereocenters. The minimum absolute atomic E-state index is 0.0186. The van der Waals surface area contributed by atoms with Crippen LogP contribution in [-0.2, 0) is 25.7 Å². The first kappa shape index (κ1) is 23.5. The molecule has 2 aromatic rings. The van der Waals surface area contributed by atoms with Crippen molar-refractivity contribution in [3.63, 3.8) is 0 Å². The standard InChI is InChI=1S/C18H16ClF3N2O5S/c1-29-17(26)12-5-3-4-6-15(12)23-16(25)10-24(30(2,27)28)11-7-8-14(19)13(9-11)18(20,21)22/h3-9H,10H2,1-2H3,(H,23,25). The lowest BCUT2D eigenvalue weighted by atomic mass is 10.1. The number of halogens is 4. The highest BCUT2D eigenvalue weighted by molar-refractivity contribution is 7.92. The number of nitrogens with zero attached hydrogens (tertiary/aromatic N) is 1. The molecule has 0 radical (unpaired) electrons. The van der Waals surface area contributed by atoms with E-state index in [1.165, 1.54) is 24.3 Å². The molecule has 2 aromatic carbocycles. The van der Waals surface area contributed by atoms with Gasteiger partial charge in [0.25, 0.3) is 0 Å². The summed E-state index contributed by atoms with van der Waals surface area (Å²) >= 11 is 5.56. The summed E-state index contributed by atoms with van der Waals surface area (Å²) in [6, 6.07) is 8.29. The van der Waals surface area contributed by atoms with Gasteiger partial charge in [0.05, 0.1) is 40.9 Å². The fourth-order valence-electron chi connectivity index (χ4n) is 2.49. The van der Waals surface area contributed by atoms with Crippen LogP contribution in [0.2, 0.25) is 5.02 Å². The summed E-state index contributed by atoms with van der Waals surface area (Å²) in [7, 11) is -3.00. The molecule has 30 heavy (non-hydrogen) atoms. The second-order valence-corrected chi connectivity index (χ2v) is 8.33. The summed E-state index contributed by atoms with van der Waals surface area (Å²) < 4.78 is 68.7. The number of esters is 1. The lowest BCUT2D eigenvalue weighted by Gasteiger charge is -2.23. The fourth-order valence-corrected chi connectivity index (χ4v) is 3.56. The summed E-state index contributed by atoms with van der Waals surface area (Å²) in [5, 5.41) is 1.75. The third-order valence-corrected chi connectivity index (χ3v) is 5.31. The molecule has 0 unspecified atom stereocenters. The van der Waals surface area contributed by atoms with E-state index in [4.69, 9.17) is 11.6 Å². The van der Waals surface area contributed by atoms with Crippen LogP contribution in [0.3, 0.4) is 0 Å². The lowest BCUT2D eigenvalue weighted by Crippen LogP contribution is -2.37. The number of anilines is 2. The van der Waals surface area contributed by atoms with Crippen molar-refractivity contribution in [2.75, 3.05) is 29.5 Å². The Kier molecular flexibility index (Phi) is 6.99. The Morgan fingerprint density at radius 3 is 2.37 bits per heavy atom. The van der Waals surface area contributed by atoms with Crippen molar-refractivity contribution in [3.8, 4) is 0 Å². The van der Waals surface area contributed by atoms with Crippen LogP contribution in [0.4, 0.5) is 24.5 Å². The van der Waals surface area contributed by atoms with E-state index in [-0.39, 0.29) is 11.3 Å². The molecule has 12 heteroatoms. The number of ether oxygens (including phenoxy) is 1. The summed E-state index contributed by atoms with van der Waals surface area (Å²) in [6.07, 6.45) is -4.08. The molecule has 0 aliphatic heterocycles. The van der Waals surface area contributed by atoms with Crippen molar-refractivity contribution in [1.29, 1.82) is 0 Å². The molecular formula is C18H16ClF3N2O5S. The SMILES string of the molecule is COC(=O)c1ccccc1NC(=O)CN(c1ccc(Cl)c(C(F)(F)F)c1)S(C)(=O)=O. The predicted molar refractivity (Wildman–Crippen MR) is 105 cm³/mol. The van der Waals surface area contributed by atoms with Crippen LogP contribution in [-0.4, -0.2) is 40.2 Å². The number of carbonyl (C=O) groups excluding carboxylic acids is 2. The normalized spacial score (nSPS) is 11.7. The molecule has 0 bridgehead atoms. The van der Waals surface area contributed by atoms with Gasteiger partial charge >= 0.3 is 12.1 Å². The third-order valence-electron chi connectivity index (χ3n) is 3.84. The van der Waals surface area contributed by atoms with Crippen molar-refractivity contribution >= 4 is 44.9 Å². The number of alkyl halides is 3. The molecule has 7 nitrogen and oxygen atoms in total. The summed E-state index contributed by atoms with van der Waals surface area (Å²) in [5.74, 6) is -1.63. The van der Waals surface area contributed by atoms with E-state index < -0.39 is 50.9 Å². The first-order valence-corrected chi connectivity index (χ1v) is 10.4. The van der Waals surface area contributed by atoms with Gasteiger partial charge in [0, 0.05) is 0 Å². The van der Waals surface area contributed by atoms with Crippen LogP contribution >= 0.6 is 11.6 Å². The molecule has 0 saturated heterocycles.